The monoisotopic (exact) mass is 320 g/mol. The number of fused-ring (bicyclic) bond motifs is 1. The Hall–Kier alpha value is -1.30. The van der Waals surface area contributed by atoms with Gasteiger partial charge in [-0.15, -0.1) is 0 Å². The first-order valence-electron chi connectivity index (χ1n) is 8.61. The summed E-state index contributed by atoms with van der Waals surface area (Å²) in [6, 6.07) is 4.27. The lowest BCUT2D eigenvalue weighted by Gasteiger charge is -2.30. The summed E-state index contributed by atoms with van der Waals surface area (Å²) in [4.78, 5) is 2.31. The van der Waals surface area contributed by atoms with Gasteiger partial charge in [0.15, 0.2) is 0 Å². The molecule has 1 aromatic rings. The first kappa shape index (κ1) is 16.6. The van der Waals surface area contributed by atoms with Crippen molar-refractivity contribution in [2.45, 2.75) is 39.0 Å². The van der Waals surface area contributed by atoms with E-state index >= 15 is 0 Å². The van der Waals surface area contributed by atoms with Gasteiger partial charge < -0.3 is 24.4 Å². The van der Waals surface area contributed by atoms with E-state index in [4.69, 9.17) is 14.2 Å². The largest absolute Gasteiger partial charge is 0.494 e. The molecule has 1 N–H and O–H groups in total. The molecule has 5 nitrogen and oxygen atoms in total. The van der Waals surface area contributed by atoms with Gasteiger partial charge in [0.1, 0.15) is 17.6 Å². The van der Waals surface area contributed by atoms with Crippen LogP contribution in [0.3, 0.4) is 0 Å². The molecule has 0 spiro atoms. The standard InChI is InChI=1S/C18H28N2O3/c1-4-21-17-8-14-7-13(2)23-18(14)9-15(17)10-19-11-16-12-20(3)5-6-22-16/h8-9,13,16,19H,4-7,10-12H2,1-3H3. The molecule has 1 fully saturated rings. The molecule has 1 aromatic carbocycles. The van der Waals surface area contributed by atoms with E-state index in [-0.39, 0.29) is 12.2 Å². The van der Waals surface area contributed by atoms with Crippen molar-refractivity contribution in [1.29, 1.82) is 0 Å². The summed E-state index contributed by atoms with van der Waals surface area (Å²) >= 11 is 0. The van der Waals surface area contributed by atoms with Crippen molar-refractivity contribution in [1.82, 2.24) is 10.2 Å². The number of benzene rings is 1. The van der Waals surface area contributed by atoms with Crippen LogP contribution in [-0.2, 0) is 17.7 Å². The highest BCUT2D eigenvalue weighted by Gasteiger charge is 2.22. The molecule has 0 aromatic heterocycles. The summed E-state index contributed by atoms with van der Waals surface area (Å²) in [6.45, 7) is 9.25. The second-order valence-corrected chi connectivity index (χ2v) is 6.52. The lowest BCUT2D eigenvalue weighted by Crippen LogP contribution is -2.44. The molecule has 0 aliphatic carbocycles. The zero-order valence-corrected chi connectivity index (χ0v) is 14.4. The Bertz CT molecular complexity index is 535. The molecule has 23 heavy (non-hydrogen) atoms. The molecule has 0 radical (unpaired) electrons. The van der Waals surface area contributed by atoms with Crippen molar-refractivity contribution in [2.24, 2.45) is 0 Å². The van der Waals surface area contributed by atoms with E-state index in [0.717, 1.165) is 56.3 Å². The fraction of sp³-hybridized carbons (Fsp3) is 0.667. The Morgan fingerprint density at radius 2 is 2.26 bits per heavy atom. The molecule has 0 amide bonds. The number of nitrogens with one attached hydrogen (secondary N) is 1. The minimum Gasteiger partial charge on any atom is -0.494 e. The third kappa shape index (κ3) is 4.16. The van der Waals surface area contributed by atoms with Crippen LogP contribution in [0.15, 0.2) is 12.1 Å². The van der Waals surface area contributed by atoms with E-state index in [1.165, 1.54) is 5.56 Å². The van der Waals surface area contributed by atoms with Gasteiger partial charge in [0, 0.05) is 43.7 Å². The van der Waals surface area contributed by atoms with Crippen molar-refractivity contribution < 1.29 is 14.2 Å². The number of likely N-dealkylation sites (N-methyl/N-ethyl adjacent to an activating group) is 1. The molecule has 2 atom stereocenters. The van der Waals surface area contributed by atoms with Gasteiger partial charge in [0.25, 0.3) is 0 Å². The number of nitrogens with zero attached hydrogens (tertiary/aromatic N) is 1. The SMILES string of the molecule is CCOc1cc2c(cc1CNCC1CN(C)CCO1)OC(C)C2. The van der Waals surface area contributed by atoms with Gasteiger partial charge in [0.05, 0.1) is 19.3 Å². The summed E-state index contributed by atoms with van der Waals surface area (Å²) in [5.41, 5.74) is 2.41. The van der Waals surface area contributed by atoms with Crippen LogP contribution in [-0.4, -0.2) is 57.0 Å². The average Bonchev–Trinajstić information content (AvgIpc) is 2.87. The molecule has 1 saturated heterocycles. The quantitative estimate of drug-likeness (QED) is 0.866. The maximum atomic E-state index is 5.88. The molecule has 3 rings (SSSR count). The molecular weight excluding hydrogens is 292 g/mol. The summed E-state index contributed by atoms with van der Waals surface area (Å²) in [5.74, 6) is 1.98. The third-order valence-electron chi connectivity index (χ3n) is 4.41. The summed E-state index contributed by atoms with van der Waals surface area (Å²) in [6.07, 6.45) is 1.48. The van der Waals surface area contributed by atoms with E-state index in [2.05, 4.69) is 36.3 Å². The first-order chi connectivity index (χ1) is 11.2. The second kappa shape index (κ2) is 7.51. The highest BCUT2D eigenvalue weighted by atomic mass is 16.5. The molecular formula is C18H28N2O3. The highest BCUT2D eigenvalue weighted by molar-refractivity contribution is 5.48. The maximum Gasteiger partial charge on any atom is 0.124 e. The second-order valence-electron chi connectivity index (χ2n) is 6.52. The number of hydrogen-bond acceptors (Lipinski definition) is 5. The fourth-order valence-electron chi connectivity index (χ4n) is 3.27. The van der Waals surface area contributed by atoms with Crippen LogP contribution in [0.4, 0.5) is 0 Å². The summed E-state index contributed by atoms with van der Waals surface area (Å²) in [7, 11) is 2.14. The lowest BCUT2D eigenvalue weighted by atomic mass is 10.1. The molecule has 0 saturated carbocycles. The van der Waals surface area contributed by atoms with E-state index in [0.29, 0.717) is 6.61 Å². The Morgan fingerprint density at radius 1 is 1.39 bits per heavy atom. The predicted octanol–water partition coefficient (Wildman–Crippen LogP) is 1.83. The van der Waals surface area contributed by atoms with Crippen LogP contribution in [0.2, 0.25) is 0 Å². The topological polar surface area (TPSA) is 43.0 Å². The predicted molar refractivity (Wildman–Crippen MR) is 90.3 cm³/mol. The van der Waals surface area contributed by atoms with Gasteiger partial charge >= 0.3 is 0 Å². The van der Waals surface area contributed by atoms with Crippen LogP contribution < -0.4 is 14.8 Å². The van der Waals surface area contributed by atoms with Crippen LogP contribution in [0.25, 0.3) is 0 Å². The van der Waals surface area contributed by atoms with E-state index in [1.54, 1.807) is 0 Å². The Balaban J connectivity index is 1.61. The van der Waals surface area contributed by atoms with E-state index in [9.17, 15) is 0 Å². The van der Waals surface area contributed by atoms with E-state index in [1.807, 2.05) is 6.92 Å². The minimum absolute atomic E-state index is 0.258. The van der Waals surface area contributed by atoms with Gasteiger partial charge in [-0.2, -0.15) is 0 Å². The Morgan fingerprint density at radius 3 is 3.04 bits per heavy atom. The molecule has 128 valence electrons. The summed E-state index contributed by atoms with van der Waals surface area (Å²) in [5, 5.41) is 3.51. The van der Waals surface area contributed by atoms with Gasteiger partial charge in [0.2, 0.25) is 0 Å². The van der Waals surface area contributed by atoms with Gasteiger partial charge in [-0.25, -0.2) is 0 Å². The van der Waals surface area contributed by atoms with Crippen LogP contribution in [0, 0.1) is 0 Å². The zero-order chi connectivity index (χ0) is 16.2. The van der Waals surface area contributed by atoms with Crippen LogP contribution in [0.1, 0.15) is 25.0 Å². The minimum atomic E-state index is 0.258. The van der Waals surface area contributed by atoms with Gasteiger partial charge in [-0.05, 0) is 33.0 Å². The van der Waals surface area contributed by atoms with Crippen LogP contribution >= 0.6 is 0 Å². The molecule has 5 heteroatoms. The average molecular weight is 320 g/mol. The highest BCUT2D eigenvalue weighted by Crippen LogP contribution is 2.35. The molecule has 2 aliphatic rings. The number of morpholine rings is 1. The zero-order valence-electron chi connectivity index (χ0n) is 14.4. The fourth-order valence-corrected chi connectivity index (χ4v) is 3.27. The Labute approximate surface area is 138 Å². The van der Waals surface area contributed by atoms with E-state index < -0.39 is 0 Å². The molecule has 2 aliphatic heterocycles. The Kier molecular flexibility index (Phi) is 5.41. The normalized spacial score (nSPS) is 24.3. The number of rotatable bonds is 6. The van der Waals surface area contributed by atoms with Crippen molar-refractivity contribution >= 4 is 0 Å². The first-order valence-corrected chi connectivity index (χ1v) is 8.61. The molecule has 2 unspecified atom stereocenters. The molecule has 2 heterocycles. The van der Waals surface area contributed by atoms with Crippen molar-refractivity contribution in [2.75, 3.05) is 39.9 Å². The third-order valence-corrected chi connectivity index (χ3v) is 4.41. The number of ether oxygens (including phenoxy) is 3. The van der Waals surface area contributed by atoms with Crippen molar-refractivity contribution in [3.63, 3.8) is 0 Å². The smallest absolute Gasteiger partial charge is 0.124 e. The number of hydrogen-bond donors (Lipinski definition) is 1. The van der Waals surface area contributed by atoms with Crippen molar-refractivity contribution in [3.8, 4) is 11.5 Å². The maximum absolute atomic E-state index is 5.88. The molecule has 0 bridgehead atoms. The van der Waals surface area contributed by atoms with Crippen LogP contribution in [0.5, 0.6) is 11.5 Å². The lowest BCUT2D eigenvalue weighted by molar-refractivity contribution is -0.0182. The van der Waals surface area contributed by atoms with Gasteiger partial charge in [-0.3, -0.25) is 0 Å². The summed E-state index contributed by atoms with van der Waals surface area (Å²) < 4.78 is 17.5. The van der Waals surface area contributed by atoms with Crippen molar-refractivity contribution in [3.05, 3.63) is 23.3 Å². The van der Waals surface area contributed by atoms with Gasteiger partial charge in [-0.1, -0.05) is 0 Å².